The second kappa shape index (κ2) is 10.9. The molecule has 4 rings (SSSR count). The molecule has 3 aromatic carbocycles. The van der Waals surface area contributed by atoms with Gasteiger partial charge in [-0.15, -0.1) is 0 Å². The SMILES string of the molecule is C[C@@H]1CCOc2c(-c3c(Cl)cc(F)cc3Cl)ccc(C[C@H](NC(=O)c3c(Cl)cccc3Cl)C(=O)O)c21. The molecule has 2 N–H and O–H groups in total. The van der Waals surface area contributed by atoms with E-state index in [1.807, 2.05) is 6.92 Å². The molecular formula is C26H20Cl4FNO4. The maximum Gasteiger partial charge on any atom is 0.326 e. The van der Waals surface area contributed by atoms with Crippen molar-refractivity contribution in [2.45, 2.75) is 31.7 Å². The summed E-state index contributed by atoms with van der Waals surface area (Å²) in [7, 11) is 0. The highest BCUT2D eigenvalue weighted by molar-refractivity contribution is 6.40. The lowest BCUT2D eigenvalue weighted by atomic mass is 9.85. The molecule has 0 aromatic heterocycles. The molecule has 1 amide bonds. The average Bonchev–Trinajstić information content (AvgIpc) is 2.79. The third-order valence-electron chi connectivity index (χ3n) is 6.07. The second-order valence-electron chi connectivity index (χ2n) is 8.46. The number of hydrogen-bond acceptors (Lipinski definition) is 3. The minimum absolute atomic E-state index is 0.00163. The lowest BCUT2D eigenvalue weighted by Gasteiger charge is -2.29. The number of carboxylic acids is 1. The molecule has 0 unspecified atom stereocenters. The van der Waals surface area contributed by atoms with Crippen molar-refractivity contribution >= 4 is 58.3 Å². The minimum atomic E-state index is -1.27. The number of carbonyl (C=O) groups is 2. The summed E-state index contributed by atoms with van der Waals surface area (Å²) in [4.78, 5) is 25.0. The van der Waals surface area contributed by atoms with E-state index < -0.39 is 23.7 Å². The largest absolute Gasteiger partial charge is 0.493 e. The van der Waals surface area contributed by atoms with E-state index in [0.29, 0.717) is 35.5 Å². The van der Waals surface area contributed by atoms with Gasteiger partial charge >= 0.3 is 5.97 Å². The maximum atomic E-state index is 13.8. The molecule has 0 bridgehead atoms. The fourth-order valence-electron chi connectivity index (χ4n) is 4.36. The van der Waals surface area contributed by atoms with Crippen LogP contribution in [0.25, 0.3) is 11.1 Å². The van der Waals surface area contributed by atoms with Crippen molar-refractivity contribution in [3.63, 3.8) is 0 Å². The van der Waals surface area contributed by atoms with Gasteiger partial charge < -0.3 is 15.2 Å². The smallest absolute Gasteiger partial charge is 0.326 e. The Morgan fingerprint density at radius 2 is 1.72 bits per heavy atom. The van der Waals surface area contributed by atoms with Crippen LogP contribution in [0.15, 0.2) is 42.5 Å². The van der Waals surface area contributed by atoms with Crippen molar-refractivity contribution < 1.29 is 23.8 Å². The van der Waals surface area contributed by atoms with Gasteiger partial charge in [0.15, 0.2) is 0 Å². The maximum absolute atomic E-state index is 13.8. The van der Waals surface area contributed by atoms with E-state index in [4.69, 9.17) is 51.1 Å². The van der Waals surface area contributed by atoms with Crippen LogP contribution < -0.4 is 10.1 Å². The zero-order chi connectivity index (χ0) is 26.1. The first-order valence-corrected chi connectivity index (χ1v) is 12.5. The molecule has 0 radical (unpaired) electrons. The number of ether oxygens (including phenoxy) is 1. The predicted molar refractivity (Wildman–Crippen MR) is 139 cm³/mol. The first kappa shape index (κ1) is 26.6. The molecule has 2 atom stereocenters. The van der Waals surface area contributed by atoms with Crippen molar-refractivity contribution in [1.82, 2.24) is 5.32 Å². The Labute approximate surface area is 227 Å². The first-order valence-electron chi connectivity index (χ1n) is 11.0. The van der Waals surface area contributed by atoms with Crippen molar-refractivity contribution in [3.05, 3.63) is 85.1 Å². The molecule has 0 spiro atoms. The molecule has 36 heavy (non-hydrogen) atoms. The van der Waals surface area contributed by atoms with Crippen LogP contribution in [-0.4, -0.2) is 29.6 Å². The lowest BCUT2D eigenvalue weighted by molar-refractivity contribution is -0.139. The normalized spacial score (nSPS) is 15.6. The van der Waals surface area contributed by atoms with Crippen LogP contribution in [0.2, 0.25) is 20.1 Å². The van der Waals surface area contributed by atoms with E-state index >= 15 is 0 Å². The zero-order valence-electron chi connectivity index (χ0n) is 18.9. The summed E-state index contributed by atoms with van der Waals surface area (Å²) < 4.78 is 19.8. The monoisotopic (exact) mass is 569 g/mol. The number of benzene rings is 3. The van der Waals surface area contributed by atoms with Gasteiger partial charge in [-0.25, -0.2) is 9.18 Å². The molecule has 5 nitrogen and oxygen atoms in total. The molecule has 1 heterocycles. The van der Waals surface area contributed by atoms with Crippen LogP contribution in [0, 0.1) is 5.82 Å². The van der Waals surface area contributed by atoms with Gasteiger partial charge in [-0.3, -0.25) is 4.79 Å². The number of aliphatic carboxylic acids is 1. The Bertz CT molecular complexity index is 1320. The van der Waals surface area contributed by atoms with Crippen molar-refractivity contribution in [3.8, 4) is 16.9 Å². The summed E-state index contributed by atoms with van der Waals surface area (Å²) in [6.45, 7) is 2.44. The highest BCUT2D eigenvalue weighted by Gasteiger charge is 2.30. The molecule has 0 saturated heterocycles. The van der Waals surface area contributed by atoms with Gasteiger partial charge in [0.2, 0.25) is 0 Å². The number of nitrogens with one attached hydrogen (secondary N) is 1. The number of amides is 1. The molecule has 0 fully saturated rings. The van der Waals surface area contributed by atoms with Gasteiger partial charge in [-0.05, 0) is 42.2 Å². The summed E-state index contributed by atoms with van der Waals surface area (Å²) in [6.07, 6.45) is 0.679. The van der Waals surface area contributed by atoms with Gasteiger partial charge in [0.25, 0.3) is 5.91 Å². The molecule has 3 aromatic rings. The Morgan fingerprint density at radius 1 is 1.08 bits per heavy atom. The van der Waals surface area contributed by atoms with E-state index in [0.717, 1.165) is 5.56 Å². The molecule has 0 aliphatic carbocycles. The summed E-state index contributed by atoms with van der Waals surface area (Å²) in [5.74, 6) is -1.96. The third kappa shape index (κ3) is 5.28. The standard InChI is InChI=1S/C26H20Cl4FNO4/c1-12-7-8-36-24-15(22-18(29)10-14(31)11-19(22)30)6-5-13(21(12)24)9-20(26(34)35)32-25(33)23-16(27)3-2-4-17(23)28/h2-6,10-12,20H,7-9H2,1H3,(H,32,33)(H,34,35)/t12-,20+/m1/s1. The van der Waals surface area contributed by atoms with Crippen LogP contribution in [-0.2, 0) is 11.2 Å². The highest BCUT2D eigenvalue weighted by Crippen LogP contribution is 2.47. The molecule has 1 aliphatic heterocycles. The quantitative estimate of drug-likeness (QED) is 0.323. The fraction of sp³-hybridized carbons (Fsp3) is 0.231. The zero-order valence-corrected chi connectivity index (χ0v) is 21.9. The second-order valence-corrected chi connectivity index (χ2v) is 10.1. The van der Waals surface area contributed by atoms with Gasteiger partial charge in [0, 0.05) is 23.1 Å². The van der Waals surface area contributed by atoms with E-state index in [9.17, 15) is 19.1 Å². The number of carboxylic acid groups (broad SMARTS) is 1. The first-order chi connectivity index (χ1) is 17.1. The molecule has 0 saturated carbocycles. The van der Waals surface area contributed by atoms with Crippen LogP contribution >= 0.6 is 46.4 Å². The third-order valence-corrected chi connectivity index (χ3v) is 7.30. The molecule has 1 aliphatic rings. The van der Waals surface area contributed by atoms with E-state index in [2.05, 4.69) is 5.32 Å². The topological polar surface area (TPSA) is 75.6 Å². The number of rotatable bonds is 6. The van der Waals surface area contributed by atoms with E-state index in [1.54, 1.807) is 18.2 Å². The Hall–Kier alpha value is -2.51. The van der Waals surface area contributed by atoms with Crippen LogP contribution in [0.3, 0.4) is 0 Å². The summed E-state index contributed by atoms with van der Waals surface area (Å²) >= 11 is 24.9. The highest BCUT2D eigenvalue weighted by atomic mass is 35.5. The summed E-state index contributed by atoms with van der Waals surface area (Å²) in [6, 6.07) is 9.12. The van der Waals surface area contributed by atoms with Gasteiger partial charge in [0.05, 0.1) is 32.3 Å². The van der Waals surface area contributed by atoms with Crippen molar-refractivity contribution in [2.24, 2.45) is 0 Å². The number of carbonyl (C=O) groups excluding carboxylic acids is 1. The van der Waals surface area contributed by atoms with E-state index in [1.165, 1.54) is 24.3 Å². The average molecular weight is 571 g/mol. The van der Waals surface area contributed by atoms with Gasteiger partial charge in [0.1, 0.15) is 17.6 Å². The van der Waals surface area contributed by atoms with Crippen molar-refractivity contribution in [2.75, 3.05) is 6.61 Å². The van der Waals surface area contributed by atoms with Crippen molar-refractivity contribution in [1.29, 1.82) is 0 Å². The van der Waals surface area contributed by atoms with Gasteiger partial charge in [-0.1, -0.05) is 71.5 Å². The molecular weight excluding hydrogens is 551 g/mol. The summed E-state index contributed by atoms with van der Waals surface area (Å²) in [5, 5.41) is 12.9. The predicted octanol–water partition coefficient (Wildman–Crippen LogP) is 7.42. The van der Waals surface area contributed by atoms with Gasteiger partial charge in [-0.2, -0.15) is 0 Å². The number of hydrogen-bond donors (Lipinski definition) is 2. The Morgan fingerprint density at radius 3 is 2.33 bits per heavy atom. The Kier molecular flexibility index (Phi) is 8.00. The summed E-state index contributed by atoms with van der Waals surface area (Å²) in [5.41, 5.74) is 2.46. The molecule has 188 valence electrons. The van der Waals surface area contributed by atoms with Crippen LogP contribution in [0.5, 0.6) is 5.75 Å². The van der Waals surface area contributed by atoms with Crippen LogP contribution in [0.4, 0.5) is 4.39 Å². The number of halogens is 5. The lowest BCUT2D eigenvalue weighted by Crippen LogP contribution is -2.42. The van der Waals surface area contributed by atoms with Crippen LogP contribution in [0.1, 0.15) is 40.7 Å². The van der Waals surface area contributed by atoms with E-state index in [-0.39, 0.29) is 38.0 Å². The minimum Gasteiger partial charge on any atom is -0.493 e. The molecule has 10 heteroatoms. The Balaban J connectivity index is 1.73. The number of fused-ring (bicyclic) bond motifs is 1. The fourth-order valence-corrected chi connectivity index (χ4v) is 5.59.